The summed E-state index contributed by atoms with van der Waals surface area (Å²) >= 11 is 5.92. The molecule has 0 saturated heterocycles. The van der Waals surface area contributed by atoms with E-state index < -0.39 is 0 Å². The van der Waals surface area contributed by atoms with Gasteiger partial charge in [0.15, 0.2) is 0 Å². The summed E-state index contributed by atoms with van der Waals surface area (Å²) < 4.78 is 0. The van der Waals surface area contributed by atoms with Crippen LogP contribution in [-0.2, 0) is 0 Å². The summed E-state index contributed by atoms with van der Waals surface area (Å²) in [5.41, 5.74) is 1.81. The Labute approximate surface area is 144 Å². The van der Waals surface area contributed by atoms with Gasteiger partial charge in [-0.05, 0) is 43.7 Å². The molecule has 1 heterocycles. The van der Waals surface area contributed by atoms with Gasteiger partial charge in [0.25, 0.3) is 5.69 Å². The molecule has 0 aliphatic heterocycles. The quantitative estimate of drug-likeness (QED) is 0.518. The molecular weight excluding hydrogens is 326 g/mol. The third-order valence-corrected chi connectivity index (χ3v) is 4.28. The van der Waals surface area contributed by atoms with Crippen molar-refractivity contribution in [3.8, 4) is 0 Å². The summed E-state index contributed by atoms with van der Waals surface area (Å²) in [6.45, 7) is 3.74. The molecule has 3 aromatic rings. The van der Waals surface area contributed by atoms with Gasteiger partial charge >= 0.3 is 0 Å². The standard InChI is InChI=1S/C18H16ClN3O2/c1-11-3-8-16-15(17(11)22(23)24)9-10-20-18(16)21-12(2)13-4-6-14(19)7-5-13/h3-10,12H,1-2H3,(H,20,21). The SMILES string of the molecule is Cc1ccc2c(NC(C)c3ccc(Cl)cc3)nccc2c1[N+](=O)[O-]. The normalized spacial score (nSPS) is 12.1. The first-order valence-corrected chi connectivity index (χ1v) is 7.90. The zero-order valence-corrected chi connectivity index (χ0v) is 14.0. The van der Waals surface area contributed by atoms with Crippen molar-refractivity contribution in [2.24, 2.45) is 0 Å². The van der Waals surface area contributed by atoms with Crippen molar-refractivity contribution >= 4 is 33.9 Å². The highest BCUT2D eigenvalue weighted by Gasteiger charge is 2.18. The van der Waals surface area contributed by atoms with E-state index in [1.807, 2.05) is 37.3 Å². The van der Waals surface area contributed by atoms with Gasteiger partial charge in [0.05, 0.1) is 10.3 Å². The van der Waals surface area contributed by atoms with Crippen LogP contribution in [0, 0.1) is 17.0 Å². The van der Waals surface area contributed by atoms with Crippen molar-refractivity contribution in [2.45, 2.75) is 19.9 Å². The summed E-state index contributed by atoms with van der Waals surface area (Å²) in [7, 11) is 0. The smallest absolute Gasteiger partial charge is 0.280 e. The molecule has 0 radical (unpaired) electrons. The molecule has 5 nitrogen and oxygen atoms in total. The van der Waals surface area contributed by atoms with E-state index in [0.29, 0.717) is 21.8 Å². The lowest BCUT2D eigenvalue weighted by Crippen LogP contribution is -2.08. The van der Waals surface area contributed by atoms with Crippen molar-refractivity contribution in [2.75, 3.05) is 5.32 Å². The number of nitrogens with zero attached hydrogens (tertiary/aromatic N) is 2. The summed E-state index contributed by atoms with van der Waals surface area (Å²) in [5.74, 6) is 0.623. The van der Waals surface area contributed by atoms with Gasteiger partial charge in [0.1, 0.15) is 5.82 Å². The molecule has 0 saturated carbocycles. The molecule has 24 heavy (non-hydrogen) atoms. The monoisotopic (exact) mass is 341 g/mol. The van der Waals surface area contributed by atoms with Gasteiger partial charge in [-0.3, -0.25) is 10.1 Å². The van der Waals surface area contributed by atoms with Gasteiger partial charge in [-0.1, -0.05) is 29.8 Å². The van der Waals surface area contributed by atoms with Gasteiger partial charge in [0, 0.05) is 28.2 Å². The first-order valence-electron chi connectivity index (χ1n) is 7.52. The summed E-state index contributed by atoms with van der Waals surface area (Å²) in [5, 5.41) is 16.7. The molecule has 6 heteroatoms. The number of fused-ring (bicyclic) bond motifs is 1. The first-order chi connectivity index (χ1) is 11.5. The van der Waals surface area contributed by atoms with Crippen LogP contribution in [0.5, 0.6) is 0 Å². The molecule has 2 aromatic carbocycles. The van der Waals surface area contributed by atoms with Crippen LogP contribution in [0.2, 0.25) is 5.02 Å². The molecule has 1 atom stereocenters. The molecule has 3 rings (SSSR count). The fourth-order valence-electron chi connectivity index (χ4n) is 2.75. The Morgan fingerprint density at radius 1 is 1.12 bits per heavy atom. The van der Waals surface area contributed by atoms with E-state index in [0.717, 1.165) is 10.9 Å². The van der Waals surface area contributed by atoms with Crippen molar-refractivity contribution in [3.05, 3.63) is 74.9 Å². The molecule has 0 bridgehead atoms. The number of hydrogen-bond acceptors (Lipinski definition) is 4. The Hall–Kier alpha value is -2.66. The van der Waals surface area contributed by atoms with E-state index in [1.165, 1.54) is 0 Å². The number of nitro benzene ring substituents is 1. The number of aryl methyl sites for hydroxylation is 1. The third-order valence-electron chi connectivity index (χ3n) is 4.02. The molecule has 0 spiro atoms. The lowest BCUT2D eigenvalue weighted by molar-refractivity contribution is -0.383. The third kappa shape index (κ3) is 3.03. The Balaban J connectivity index is 2.02. The molecule has 0 fully saturated rings. The minimum atomic E-state index is -0.343. The van der Waals surface area contributed by atoms with Crippen molar-refractivity contribution in [1.82, 2.24) is 4.98 Å². The average Bonchev–Trinajstić information content (AvgIpc) is 2.55. The van der Waals surface area contributed by atoms with Crippen LogP contribution in [0.3, 0.4) is 0 Å². The van der Waals surface area contributed by atoms with Gasteiger partial charge in [-0.25, -0.2) is 4.98 Å². The lowest BCUT2D eigenvalue weighted by atomic mass is 10.0. The summed E-state index contributed by atoms with van der Waals surface area (Å²) in [6, 6.07) is 12.8. The largest absolute Gasteiger partial charge is 0.363 e. The number of hydrogen-bond donors (Lipinski definition) is 1. The van der Waals surface area contributed by atoms with E-state index in [9.17, 15) is 10.1 Å². The van der Waals surface area contributed by atoms with Crippen LogP contribution in [-0.4, -0.2) is 9.91 Å². The van der Waals surface area contributed by atoms with Crippen LogP contribution in [0.15, 0.2) is 48.7 Å². The number of halogens is 1. The highest BCUT2D eigenvalue weighted by Crippen LogP contribution is 2.33. The molecule has 1 unspecified atom stereocenters. The summed E-state index contributed by atoms with van der Waals surface area (Å²) in [6.07, 6.45) is 1.59. The van der Waals surface area contributed by atoms with Gasteiger partial charge in [0.2, 0.25) is 0 Å². The minimum Gasteiger partial charge on any atom is -0.363 e. The maximum absolute atomic E-state index is 11.4. The van der Waals surface area contributed by atoms with Gasteiger partial charge < -0.3 is 5.32 Å². The average molecular weight is 342 g/mol. The van der Waals surface area contributed by atoms with Crippen LogP contribution in [0.25, 0.3) is 10.8 Å². The molecule has 1 aromatic heterocycles. The predicted molar refractivity (Wildman–Crippen MR) is 96.6 cm³/mol. The zero-order chi connectivity index (χ0) is 17.3. The van der Waals surface area contributed by atoms with Crippen molar-refractivity contribution in [3.63, 3.8) is 0 Å². The number of nitrogens with one attached hydrogen (secondary N) is 1. The molecule has 1 N–H and O–H groups in total. The Bertz CT molecular complexity index is 910. The second kappa shape index (κ2) is 6.45. The van der Waals surface area contributed by atoms with Crippen molar-refractivity contribution in [1.29, 1.82) is 0 Å². The Morgan fingerprint density at radius 3 is 2.50 bits per heavy atom. The number of aromatic nitrogens is 1. The van der Waals surface area contributed by atoms with Crippen LogP contribution in [0.1, 0.15) is 24.1 Å². The number of rotatable bonds is 4. The van der Waals surface area contributed by atoms with Gasteiger partial charge in [-0.15, -0.1) is 0 Å². The highest BCUT2D eigenvalue weighted by atomic mass is 35.5. The van der Waals surface area contributed by atoms with E-state index in [1.54, 1.807) is 25.3 Å². The van der Waals surface area contributed by atoms with Crippen molar-refractivity contribution < 1.29 is 4.92 Å². The Morgan fingerprint density at radius 2 is 1.83 bits per heavy atom. The van der Waals surface area contributed by atoms with Crippen LogP contribution >= 0.6 is 11.6 Å². The molecular formula is C18H16ClN3O2. The topological polar surface area (TPSA) is 68.1 Å². The number of benzene rings is 2. The van der Waals surface area contributed by atoms with E-state index in [2.05, 4.69) is 10.3 Å². The second-order valence-electron chi connectivity index (χ2n) is 5.66. The molecule has 0 aliphatic carbocycles. The fraction of sp³-hybridized carbons (Fsp3) is 0.167. The summed E-state index contributed by atoms with van der Waals surface area (Å²) in [4.78, 5) is 15.4. The first kappa shape index (κ1) is 16.2. The molecule has 0 aliphatic rings. The van der Waals surface area contributed by atoms with E-state index in [-0.39, 0.29) is 16.7 Å². The van der Waals surface area contributed by atoms with Gasteiger partial charge in [-0.2, -0.15) is 0 Å². The molecule has 122 valence electrons. The second-order valence-corrected chi connectivity index (χ2v) is 6.10. The fourth-order valence-corrected chi connectivity index (χ4v) is 2.87. The maximum Gasteiger partial charge on any atom is 0.280 e. The lowest BCUT2D eigenvalue weighted by Gasteiger charge is -2.16. The number of anilines is 1. The maximum atomic E-state index is 11.4. The number of pyridine rings is 1. The Kier molecular flexibility index (Phi) is 4.36. The van der Waals surface area contributed by atoms with Crippen LogP contribution < -0.4 is 5.32 Å². The predicted octanol–water partition coefficient (Wildman–Crippen LogP) is 5.28. The highest BCUT2D eigenvalue weighted by molar-refractivity contribution is 6.30. The number of nitro groups is 1. The van der Waals surface area contributed by atoms with E-state index in [4.69, 9.17) is 11.6 Å². The zero-order valence-electron chi connectivity index (χ0n) is 13.3. The van der Waals surface area contributed by atoms with Crippen LogP contribution in [0.4, 0.5) is 11.5 Å². The minimum absolute atomic E-state index is 0.0132. The molecule has 0 amide bonds. The van der Waals surface area contributed by atoms with E-state index >= 15 is 0 Å².